The van der Waals surface area contributed by atoms with Crippen molar-refractivity contribution in [1.82, 2.24) is 14.3 Å². The SMILES string of the molecule is O=c1c2ccccc2c(=O)n2n1C(=Nc1ccccc1)C(Nc1ccccc1)=NC2c1ccccn1. The van der Waals surface area contributed by atoms with Gasteiger partial charge in [0.25, 0.3) is 11.1 Å². The molecule has 3 aromatic carbocycles. The molecule has 2 aromatic heterocycles. The fourth-order valence-corrected chi connectivity index (χ4v) is 4.23. The number of fused-ring (bicyclic) bond motifs is 2. The van der Waals surface area contributed by atoms with Crippen molar-refractivity contribution < 1.29 is 0 Å². The van der Waals surface area contributed by atoms with Crippen LogP contribution in [-0.4, -0.2) is 26.0 Å². The van der Waals surface area contributed by atoms with Crippen LogP contribution >= 0.6 is 0 Å². The van der Waals surface area contributed by atoms with E-state index in [1.165, 1.54) is 9.36 Å². The second-order valence-electron chi connectivity index (χ2n) is 8.18. The summed E-state index contributed by atoms with van der Waals surface area (Å²) in [6.45, 7) is 0. The van der Waals surface area contributed by atoms with E-state index >= 15 is 0 Å². The number of rotatable bonds is 3. The van der Waals surface area contributed by atoms with E-state index in [4.69, 9.17) is 9.98 Å². The standard InChI is InChI=1S/C28H20N6O2/c35-27-21-15-7-8-16-22(21)28(36)34-26(31-20-13-5-2-6-14-20)24(30-19-11-3-1-4-12-19)32-25(33(27)34)23-17-9-10-18-29-23/h1-18,25H,(H,30,32). The highest BCUT2D eigenvalue weighted by atomic mass is 16.2. The molecule has 8 heteroatoms. The lowest BCUT2D eigenvalue weighted by molar-refractivity contribution is 0.458. The molecule has 0 radical (unpaired) electrons. The Morgan fingerprint density at radius 2 is 1.36 bits per heavy atom. The molecule has 36 heavy (non-hydrogen) atoms. The quantitative estimate of drug-likeness (QED) is 0.426. The van der Waals surface area contributed by atoms with Gasteiger partial charge in [0.15, 0.2) is 17.8 Å². The Morgan fingerprint density at radius 3 is 2.06 bits per heavy atom. The Hall–Kier alpha value is -5.11. The maximum absolute atomic E-state index is 13.9. The summed E-state index contributed by atoms with van der Waals surface area (Å²) in [6.07, 6.45) is 0.758. The summed E-state index contributed by atoms with van der Waals surface area (Å²) in [4.78, 5) is 41.8. The van der Waals surface area contributed by atoms with Crippen LogP contribution in [0, 0.1) is 0 Å². The first-order valence-corrected chi connectivity index (χ1v) is 11.4. The molecule has 6 rings (SSSR count). The first-order chi connectivity index (χ1) is 17.7. The highest BCUT2D eigenvalue weighted by Crippen LogP contribution is 2.23. The molecule has 0 saturated heterocycles. The molecule has 1 atom stereocenters. The number of aromatic nitrogens is 3. The second-order valence-corrected chi connectivity index (χ2v) is 8.18. The van der Waals surface area contributed by atoms with Crippen LogP contribution in [0.4, 0.5) is 11.4 Å². The number of nitrogens with one attached hydrogen (secondary N) is 1. The molecule has 1 unspecified atom stereocenters. The number of para-hydroxylation sites is 2. The van der Waals surface area contributed by atoms with Gasteiger partial charge in [-0.15, -0.1) is 0 Å². The maximum atomic E-state index is 13.9. The summed E-state index contributed by atoms with van der Waals surface area (Å²) >= 11 is 0. The van der Waals surface area contributed by atoms with E-state index in [2.05, 4.69) is 10.3 Å². The molecule has 0 spiro atoms. The van der Waals surface area contributed by atoms with Gasteiger partial charge in [0.1, 0.15) is 0 Å². The third-order valence-electron chi connectivity index (χ3n) is 5.88. The van der Waals surface area contributed by atoms with E-state index in [0.29, 0.717) is 28.0 Å². The van der Waals surface area contributed by atoms with Crippen LogP contribution in [0.25, 0.3) is 10.8 Å². The number of amidine groups is 1. The smallest absolute Gasteiger partial charge is 0.279 e. The van der Waals surface area contributed by atoms with Crippen LogP contribution < -0.4 is 16.4 Å². The van der Waals surface area contributed by atoms with Gasteiger partial charge in [-0.3, -0.25) is 14.6 Å². The van der Waals surface area contributed by atoms with Gasteiger partial charge in [0, 0.05) is 11.9 Å². The van der Waals surface area contributed by atoms with E-state index in [9.17, 15) is 9.59 Å². The summed E-state index contributed by atoms with van der Waals surface area (Å²) in [5.41, 5.74) is 1.17. The predicted molar refractivity (Wildman–Crippen MR) is 141 cm³/mol. The topological polar surface area (TPSA) is 93.6 Å². The van der Waals surface area contributed by atoms with Crippen molar-refractivity contribution in [3.63, 3.8) is 0 Å². The first-order valence-electron chi connectivity index (χ1n) is 11.4. The zero-order chi connectivity index (χ0) is 24.5. The fraction of sp³-hybridized carbons (Fsp3) is 0.0357. The lowest BCUT2D eigenvalue weighted by Crippen LogP contribution is -2.51. The van der Waals surface area contributed by atoms with E-state index in [1.54, 1.807) is 42.6 Å². The van der Waals surface area contributed by atoms with Crippen molar-refractivity contribution in [3.8, 4) is 0 Å². The summed E-state index contributed by atoms with van der Waals surface area (Å²) < 4.78 is 2.65. The predicted octanol–water partition coefficient (Wildman–Crippen LogP) is 4.21. The number of nitrogens with zero attached hydrogens (tertiary/aromatic N) is 5. The van der Waals surface area contributed by atoms with Crippen molar-refractivity contribution in [2.24, 2.45) is 9.98 Å². The second kappa shape index (κ2) is 8.92. The number of pyridine rings is 1. The molecule has 174 valence electrons. The molecule has 0 bridgehead atoms. The fourth-order valence-electron chi connectivity index (χ4n) is 4.23. The minimum absolute atomic E-state index is 0.213. The monoisotopic (exact) mass is 472 g/mol. The number of aliphatic imine (C=N–C) groups is 2. The Balaban J connectivity index is 1.70. The zero-order valence-corrected chi connectivity index (χ0v) is 19.0. The zero-order valence-electron chi connectivity index (χ0n) is 19.0. The maximum Gasteiger partial charge on any atom is 0.279 e. The average molecular weight is 473 g/mol. The van der Waals surface area contributed by atoms with Gasteiger partial charge < -0.3 is 5.32 Å². The van der Waals surface area contributed by atoms with Gasteiger partial charge in [0.05, 0.1) is 22.2 Å². The van der Waals surface area contributed by atoms with Gasteiger partial charge in [-0.2, -0.15) is 4.68 Å². The molecule has 3 heterocycles. The molecule has 1 aliphatic rings. The summed E-state index contributed by atoms with van der Waals surface area (Å²) in [7, 11) is 0. The van der Waals surface area contributed by atoms with Crippen LogP contribution in [0.15, 0.2) is 129 Å². The van der Waals surface area contributed by atoms with Gasteiger partial charge in [-0.25, -0.2) is 14.7 Å². The van der Waals surface area contributed by atoms with Crippen molar-refractivity contribution in [1.29, 1.82) is 0 Å². The van der Waals surface area contributed by atoms with Gasteiger partial charge in [0.2, 0.25) is 0 Å². The van der Waals surface area contributed by atoms with Gasteiger partial charge in [-0.1, -0.05) is 54.6 Å². The molecular weight excluding hydrogens is 452 g/mol. The van der Waals surface area contributed by atoms with E-state index in [0.717, 1.165) is 5.69 Å². The Bertz CT molecular complexity index is 1740. The summed E-state index contributed by atoms with van der Waals surface area (Å²) in [5.74, 6) is 0.558. The molecular formula is C28H20N6O2. The minimum Gasteiger partial charge on any atom is -0.337 e. The average Bonchev–Trinajstić information content (AvgIpc) is 2.94. The molecule has 8 nitrogen and oxygen atoms in total. The Morgan fingerprint density at radius 1 is 0.722 bits per heavy atom. The lowest BCUT2D eigenvalue weighted by atomic mass is 10.2. The van der Waals surface area contributed by atoms with Gasteiger partial charge >= 0.3 is 0 Å². The van der Waals surface area contributed by atoms with E-state index < -0.39 is 6.17 Å². The molecule has 0 aliphatic carbocycles. The highest BCUT2D eigenvalue weighted by molar-refractivity contribution is 6.46. The minimum atomic E-state index is -0.878. The highest BCUT2D eigenvalue weighted by Gasteiger charge is 2.32. The van der Waals surface area contributed by atoms with E-state index in [-0.39, 0.29) is 17.0 Å². The Labute approximate surface area is 205 Å². The summed E-state index contributed by atoms with van der Waals surface area (Å²) in [6, 6.07) is 30.9. The molecule has 5 aromatic rings. The Kier molecular flexibility index (Phi) is 5.31. The van der Waals surface area contributed by atoms with Crippen LogP contribution in [0.3, 0.4) is 0 Å². The van der Waals surface area contributed by atoms with Crippen LogP contribution in [-0.2, 0) is 0 Å². The van der Waals surface area contributed by atoms with Crippen LogP contribution in [0.2, 0.25) is 0 Å². The summed E-state index contributed by atoms with van der Waals surface area (Å²) in [5, 5.41) is 3.92. The van der Waals surface area contributed by atoms with Crippen molar-refractivity contribution in [2.45, 2.75) is 6.17 Å². The molecule has 0 amide bonds. The first kappa shape index (κ1) is 21.4. The molecule has 0 fully saturated rings. The molecule has 0 saturated carbocycles. The van der Waals surface area contributed by atoms with E-state index in [1.807, 2.05) is 66.7 Å². The normalized spacial score (nSPS) is 15.9. The lowest BCUT2D eigenvalue weighted by Gasteiger charge is -2.29. The third-order valence-corrected chi connectivity index (χ3v) is 5.88. The number of benzene rings is 3. The largest absolute Gasteiger partial charge is 0.337 e. The third kappa shape index (κ3) is 3.70. The van der Waals surface area contributed by atoms with Crippen molar-refractivity contribution >= 4 is 33.8 Å². The molecule has 1 aliphatic heterocycles. The van der Waals surface area contributed by atoms with Crippen LogP contribution in [0.5, 0.6) is 0 Å². The number of anilines is 1. The van der Waals surface area contributed by atoms with Crippen molar-refractivity contribution in [2.75, 3.05) is 5.32 Å². The number of hydrogen-bond acceptors (Lipinski definition) is 6. The number of hydrogen-bond donors (Lipinski definition) is 1. The molecule has 1 N–H and O–H groups in total. The van der Waals surface area contributed by atoms with Gasteiger partial charge in [-0.05, 0) is 48.5 Å². The van der Waals surface area contributed by atoms with Crippen LogP contribution in [0.1, 0.15) is 11.9 Å². The van der Waals surface area contributed by atoms with Crippen molar-refractivity contribution in [3.05, 3.63) is 136 Å².